The zero-order chi connectivity index (χ0) is 18.2. The molecule has 1 atom stereocenters. The van der Waals surface area contributed by atoms with Gasteiger partial charge in [-0.25, -0.2) is 0 Å². The molecule has 26 heavy (non-hydrogen) atoms. The van der Waals surface area contributed by atoms with Crippen molar-refractivity contribution in [3.05, 3.63) is 72.1 Å². The van der Waals surface area contributed by atoms with Crippen LogP contribution in [0, 0.1) is 0 Å². The van der Waals surface area contributed by atoms with Gasteiger partial charge in [0.2, 0.25) is 5.91 Å². The minimum atomic E-state index is 0.0664. The predicted molar refractivity (Wildman–Crippen MR) is 106 cm³/mol. The minimum Gasteiger partial charge on any atom is -0.338 e. The normalized spacial score (nSPS) is 18.1. The lowest BCUT2D eigenvalue weighted by Crippen LogP contribution is -2.48. The minimum absolute atomic E-state index is 0.0664. The van der Waals surface area contributed by atoms with Crippen molar-refractivity contribution in [1.82, 2.24) is 14.8 Å². The van der Waals surface area contributed by atoms with Crippen molar-refractivity contribution in [2.75, 3.05) is 26.7 Å². The van der Waals surface area contributed by atoms with Gasteiger partial charge in [-0.3, -0.25) is 9.78 Å². The molecule has 2 heterocycles. The first kappa shape index (κ1) is 18.3. The molecule has 0 spiro atoms. The monoisotopic (exact) mass is 349 g/mol. The molecule has 1 aromatic carbocycles. The number of nitrogens with zero attached hydrogens (tertiary/aromatic N) is 3. The summed E-state index contributed by atoms with van der Waals surface area (Å²) in [6.45, 7) is 3.13. The Bertz CT molecular complexity index is 715. The first-order chi connectivity index (χ1) is 12.7. The van der Waals surface area contributed by atoms with Crippen LogP contribution in [0.15, 0.2) is 60.9 Å². The average molecular weight is 349 g/mol. The number of carbonyl (C=O) groups excluding carboxylic acids is 1. The summed E-state index contributed by atoms with van der Waals surface area (Å²) in [7, 11) is 1.92. The number of hydrogen-bond acceptors (Lipinski definition) is 3. The van der Waals surface area contributed by atoms with E-state index >= 15 is 0 Å². The number of rotatable bonds is 6. The van der Waals surface area contributed by atoms with Crippen LogP contribution in [0.25, 0.3) is 6.08 Å². The van der Waals surface area contributed by atoms with Gasteiger partial charge in [0.15, 0.2) is 0 Å². The highest BCUT2D eigenvalue weighted by Crippen LogP contribution is 2.16. The summed E-state index contributed by atoms with van der Waals surface area (Å²) < 4.78 is 0. The van der Waals surface area contributed by atoms with E-state index in [0.717, 1.165) is 44.5 Å². The van der Waals surface area contributed by atoms with Crippen molar-refractivity contribution in [3.63, 3.8) is 0 Å². The van der Waals surface area contributed by atoms with E-state index in [1.54, 1.807) is 18.5 Å². The van der Waals surface area contributed by atoms with Crippen molar-refractivity contribution in [2.45, 2.75) is 25.3 Å². The molecule has 0 N–H and O–H groups in total. The van der Waals surface area contributed by atoms with Crippen LogP contribution in [0.3, 0.4) is 0 Å². The van der Waals surface area contributed by atoms with E-state index in [2.05, 4.69) is 40.2 Å². The van der Waals surface area contributed by atoms with Crippen LogP contribution in [0.1, 0.15) is 24.0 Å². The molecule has 0 radical (unpaired) electrons. The van der Waals surface area contributed by atoms with Crippen LogP contribution < -0.4 is 0 Å². The number of benzene rings is 1. The molecule has 1 fully saturated rings. The summed E-state index contributed by atoms with van der Waals surface area (Å²) in [5.74, 6) is 0.0664. The van der Waals surface area contributed by atoms with E-state index in [4.69, 9.17) is 0 Å². The van der Waals surface area contributed by atoms with Crippen molar-refractivity contribution in [2.24, 2.45) is 0 Å². The second-order valence-electron chi connectivity index (χ2n) is 6.90. The number of amides is 1. The molecule has 1 saturated heterocycles. The summed E-state index contributed by atoms with van der Waals surface area (Å²) in [6.07, 6.45) is 10.3. The van der Waals surface area contributed by atoms with Crippen molar-refractivity contribution in [3.8, 4) is 0 Å². The zero-order valence-electron chi connectivity index (χ0n) is 15.4. The molecule has 1 aliphatic rings. The van der Waals surface area contributed by atoms with Crippen molar-refractivity contribution in [1.29, 1.82) is 0 Å². The maximum atomic E-state index is 12.5. The Morgan fingerprint density at radius 2 is 2.00 bits per heavy atom. The highest BCUT2D eigenvalue weighted by Gasteiger charge is 2.24. The molecule has 3 rings (SSSR count). The van der Waals surface area contributed by atoms with Crippen LogP contribution in [0.5, 0.6) is 0 Å². The quantitative estimate of drug-likeness (QED) is 0.751. The largest absolute Gasteiger partial charge is 0.338 e. The van der Waals surface area contributed by atoms with Gasteiger partial charge < -0.3 is 9.80 Å². The first-order valence-corrected chi connectivity index (χ1v) is 9.33. The first-order valence-electron chi connectivity index (χ1n) is 9.33. The van der Waals surface area contributed by atoms with E-state index < -0.39 is 0 Å². The highest BCUT2D eigenvalue weighted by atomic mass is 16.2. The second kappa shape index (κ2) is 9.30. The smallest absolute Gasteiger partial charge is 0.246 e. The fourth-order valence-electron chi connectivity index (χ4n) is 3.42. The maximum Gasteiger partial charge on any atom is 0.246 e. The number of piperidine rings is 1. The number of likely N-dealkylation sites (tertiary alicyclic amines) is 1. The summed E-state index contributed by atoms with van der Waals surface area (Å²) in [5, 5.41) is 0. The molecular weight excluding hydrogens is 322 g/mol. The molecule has 1 unspecified atom stereocenters. The van der Waals surface area contributed by atoms with E-state index in [9.17, 15) is 4.79 Å². The van der Waals surface area contributed by atoms with Crippen molar-refractivity contribution >= 4 is 12.0 Å². The summed E-state index contributed by atoms with van der Waals surface area (Å²) >= 11 is 0. The Labute approximate surface area is 156 Å². The summed E-state index contributed by atoms with van der Waals surface area (Å²) in [4.78, 5) is 20.9. The number of aromatic nitrogens is 1. The molecule has 1 aromatic heterocycles. The van der Waals surface area contributed by atoms with Gasteiger partial charge in [0.05, 0.1) is 0 Å². The Hall–Kier alpha value is -2.46. The molecular formula is C22H27N3O. The Morgan fingerprint density at radius 1 is 1.23 bits per heavy atom. The molecule has 0 aliphatic carbocycles. The van der Waals surface area contributed by atoms with Crippen LogP contribution in [0.2, 0.25) is 0 Å². The topological polar surface area (TPSA) is 36.4 Å². The number of pyridine rings is 1. The zero-order valence-corrected chi connectivity index (χ0v) is 15.4. The molecule has 1 aliphatic heterocycles. The van der Waals surface area contributed by atoms with E-state index in [1.165, 1.54) is 5.56 Å². The van der Waals surface area contributed by atoms with Crippen LogP contribution in [-0.4, -0.2) is 53.4 Å². The fraction of sp³-hybridized carbons (Fsp3) is 0.364. The molecule has 4 nitrogen and oxygen atoms in total. The van der Waals surface area contributed by atoms with Gasteiger partial charge in [0.1, 0.15) is 0 Å². The summed E-state index contributed by atoms with van der Waals surface area (Å²) in [6, 6.07) is 14.7. The lowest BCUT2D eigenvalue weighted by molar-refractivity contribution is -0.127. The Balaban J connectivity index is 1.51. The highest BCUT2D eigenvalue weighted by molar-refractivity contribution is 5.91. The van der Waals surface area contributed by atoms with Gasteiger partial charge in [0, 0.05) is 44.6 Å². The van der Waals surface area contributed by atoms with E-state index in [-0.39, 0.29) is 11.9 Å². The average Bonchev–Trinajstić information content (AvgIpc) is 2.71. The number of hydrogen-bond donors (Lipinski definition) is 0. The Kier molecular flexibility index (Phi) is 6.56. The van der Waals surface area contributed by atoms with Gasteiger partial charge in [-0.2, -0.15) is 0 Å². The molecule has 1 amide bonds. The van der Waals surface area contributed by atoms with Crippen LogP contribution >= 0.6 is 0 Å². The van der Waals surface area contributed by atoms with Gasteiger partial charge in [-0.05, 0) is 55.1 Å². The lowest BCUT2D eigenvalue weighted by atomic mass is 10.0. The standard InChI is InChI=1S/C22H27N3O/c1-24(22(26)10-9-20-11-14-23-15-12-20)21-8-5-16-25(18-21)17-13-19-6-3-2-4-7-19/h2-4,6-7,9-12,14-15,21H,5,8,13,16-18H2,1H3. The van der Waals surface area contributed by atoms with E-state index in [1.807, 2.05) is 30.2 Å². The Morgan fingerprint density at radius 3 is 2.77 bits per heavy atom. The molecule has 136 valence electrons. The molecule has 4 heteroatoms. The van der Waals surface area contributed by atoms with Gasteiger partial charge in [-0.15, -0.1) is 0 Å². The van der Waals surface area contributed by atoms with Gasteiger partial charge in [0.25, 0.3) is 0 Å². The predicted octanol–water partition coefficient (Wildman–Crippen LogP) is 3.26. The third kappa shape index (κ3) is 5.27. The number of likely N-dealkylation sites (N-methyl/N-ethyl adjacent to an activating group) is 1. The van der Waals surface area contributed by atoms with Crippen LogP contribution in [0.4, 0.5) is 0 Å². The number of carbonyl (C=O) groups is 1. The third-order valence-electron chi connectivity index (χ3n) is 5.06. The van der Waals surface area contributed by atoms with Gasteiger partial charge in [-0.1, -0.05) is 30.3 Å². The third-order valence-corrected chi connectivity index (χ3v) is 5.06. The lowest BCUT2D eigenvalue weighted by Gasteiger charge is -2.37. The summed E-state index contributed by atoms with van der Waals surface area (Å²) in [5.41, 5.74) is 2.37. The fourth-order valence-corrected chi connectivity index (χ4v) is 3.42. The molecule has 0 saturated carbocycles. The second-order valence-corrected chi connectivity index (χ2v) is 6.90. The SMILES string of the molecule is CN(C(=O)C=Cc1ccncc1)C1CCCN(CCc2ccccc2)C1. The van der Waals surface area contributed by atoms with E-state index in [0.29, 0.717) is 0 Å². The molecule has 0 bridgehead atoms. The maximum absolute atomic E-state index is 12.5. The van der Waals surface area contributed by atoms with Crippen molar-refractivity contribution < 1.29 is 4.79 Å². The van der Waals surface area contributed by atoms with Gasteiger partial charge >= 0.3 is 0 Å². The van der Waals surface area contributed by atoms with Crippen LogP contribution in [-0.2, 0) is 11.2 Å². The molecule has 2 aromatic rings.